The largest absolute Gasteiger partial charge is 0.480 e. The lowest BCUT2D eigenvalue weighted by molar-refractivity contribution is -0.136. The second-order valence-electron chi connectivity index (χ2n) is 5.18. The van der Waals surface area contributed by atoms with Crippen LogP contribution in [-0.4, -0.2) is 36.6 Å². The van der Waals surface area contributed by atoms with Crippen LogP contribution in [0.4, 0.5) is 0 Å². The molecule has 0 aromatic heterocycles. The summed E-state index contributed by atoms with van der Waals surface area (Å²) in [6.07, 6.45) is 0. The first kappa shape index (κ1) is 16.7. The average Bonchev–Trinajstić information content (AvgIpc) is 2.57. The standard InChI is InChI=1S/C18H20N2O3/c21-17(12-19-13-18(22)23)20-11-16(14-7-3-1-4-8-14)15-9-5-2-6-10-15/h1-10,16,19H,11-13H2,(H,20,21)(H,22,23). The number of rotatable bonds is 8. The SMILES string of the molecule is O=C(O)CNCC(=O)NCC(c1ccccc1)c1ccccc1. The van der Waals surface area contributed by atoms with Crippen LogP contribution in [0.25, 0.3) is 0 Å². The zero-order valence-corrected chi connectivity index (χ0v) is 12.7. The maximum absolute atomic E-state index is 11.8. The van der Waals surface area contributed by atoms with Gasteiger partial charge in [0.15, 0.2) is 0 Å². The summed E-state index contributed by atoms with van der Waals surface area (Å²) in [5, 5.41) is 14.0. The molecule has 0 unspecified atom stereocenters. The molecule has 0 saturated heterocycles. The van der Waals surface area contributed by atoms with Crippen molar-refractivity contribution in [2.45, 2.75) is 5.92 Å². The van der Waals surface area contributed by atoms with Crippen LogP contribution in [0.2, 0.25) is 0 Å². The predicted molar refractivity (Wildman–Crippen MR) is 88.2 cm³/mol. The lowest BCUT2D eigenvalue weighted by atomic mass is 9.91. The number of hydrogen-bond donors (Lipinski definition) is 3. The van der Waals surface area contributed by atoms with E-state index in [0.29, 0.717) is 6.54 Å². The highest BCUT2D eigenvalue weighted by atomic mass is 16.4. The van der Waals surface area contributed by atoms with Crippen molar-refractivity contribution in [2.24, 2.45) is 0 Å². The van der Waals surface area contributed by atoms with E-state index in [1.807, 2.05) is 60.7 Å². The molecule has 0 heterocycles. The highest BCUT2D eigenvalue weighted by Crippen LogP contribution is 2.23. The highest BCUT2D eigenvalue weighted by molar-refractivity contribution is 5.79. The van der Waals surface area contributed by atoms with Crippen molar-refractivity contribution in [1.29, 1.82) is 0 Å². The summed E-state index contributed by atoms with van der Waals surface area (Å²) >= 11 is 0. The molecule has 3 N–H and O–H groups in total. The van der Waals surface area contributed by atoms with Crippen LogP contribution in [-0.2, 0) is 9.59 Å². The molecule has 2 rings (SSSR count). The normalized spacial score (nSPS) is 10.5. The number of nitrogens with one attached hydrogen (secondary N) is 2. The molecule has 120 valence electrons. The molecule has 0 aliphatic heterocycles. The summed E-state index contributed by atoms with van der Waals surface area (Å²) in [6.45, 7) is 0.221. The van der Waals surface area contributed by atoms with Gasteiger partial charge in [0.25, 0.3) is 0 Å². The quantitative estimate of drug-likeness (QED) is 0.692. The topological polar surface area (TPSA) is 78.4 Å². The van der Waals surface area contributed by atoms with E-state index in [1.54, 1.807) is 0 Å². The van der Waals surface area contributed by atoms with Gasteiger partial charge in [-0.25, -0.2) is 0 Å². The van der Waals surface area contributed by atoms with Gasteiger partial charge < -0.3 is 10.4 Å². The number of carbonyl (C=O) groups is 2. The molecule has 0 fully saturated rings. The summed E-state index contributed by atoms with van der Waals surface area (Å²) in [4.78, 5) is 22.2. The van der Waals surface area contributed by atoms with Crippen LogP contribution in [0.3, 0.4) is 0 Å². The minimum atomic E-state index is -0.982. The van der Waals surface area contributed by atoms with Crippen molar-refractivity contribution < 1.29 is 14.7 Å². The average molecular weight is 312 g/mol. The van der Waals surface area contributed by atoms with E-state index in [9.17, 15) is 9.59 Å². The van der Waals surface area contributed by atoms with Gasteiger partial charge >= 0.3 is 5.97 Å². The Morgan fingerprint density at radius 2 is 1.39 bits per heavy atom. The number of aliphatic carboxylic acids is 1. The van der Waals surface area contributed by atoms with Crippen molar-refractivity contribution in [3.63, 3.8) is 0 Å². The van der Waals surface area contributed by atoms with Crippen molar-refractivity contribution >= 4 is 11.9 Å². The molecule has 0 aliphatic carbocycles. The van der Waals surface area contributed by atoms with Gasteiger partial charge in [-0.3, -0.25) is 14.9 Å². The first-order chi connectivity index (χ1) is 11.2. The minimum Gasteiger partial charge on any atom is -0.480 e. The lowest BCUT2D eigenvalue weighted by Gasteiger charge is -2.19. The second-order valence-corrected chi connectivity index (χ2v) is 5.18. The fourth-order valence-corrected chi connectivity index (χ4v) is 2.36. The van der Waals surface area contributed by atoms with E-state index in [4.69, 9.17) is 5.11 Å². The molecule has 0 aliphatic rings. The van der Waals surface area contributed by atoms with Crippen LogP contribution < -0.4 is 10.6 Å². The van der Waals surface area contributed by atoms with E-state index in [2.05, 4.69) is 10.6 Å². The Morgan fingerprint density at radius 3 is 1.87 bits per heavy atom. The molecular weight excluding hydrogens is 292 g/mol. The number of hydrogen-bond acceptors (Lipinski definition) is 3. The second kappa shape index (κ2) is 8.70. The molecule has 2 aromatic carbocycles. The van der Waals surface area contributed by atoms with Gasteiger partial charge in [0.2, 0.25) is 5.91 Å². The van der Waals surface area contributed by atoms with Crippen LogP contribution >= 0.6 is 0 Å². The smallest absolute Gasteiger partial charge is 0.317 e. The molecule has 0 atom stereocenters. The number of carbonyl (C=O) groups excluding carboxylic acids is 1. The Morgan fingerprint density at radius 1 is 0.870 bits per heavy atom. The van der Waals surface area contributed by atoms with E-state index in [-0.39, 0.29) is 24.9 Å². The van der Waals surface area contributed by atoms with Gasteiger partial charge in [-0.2, -0.15) is 0 Å². The number of benzene rings is 2. The maximum Gasteiger partial charge on any atom is 0.317 e. The Hall–Kier alpha value is -2.66. The van der Waals surface area contributed by atoms with Gasteiger partial charge in [-0.1, -0.05) is 60.7 Å². The molecular formula is C18H20N2O3. The van der Waals surface area contributed by atoms with Crippen molar-refractivity contribution in [3.05, 3.63) is 71.8 Å². The first-order valence-corrected chi connectivity index (χ1v) is 7.46. The maximum atomic E-state index is 11.8. The summed E-state index contributed by atoms with van der Waals surface area (Å²) in [7, 11) is 0. The monoisotopic (exact) mass is 312 g/mol. The van der Waals surface area contributed by atoms with Crippen molar-refractivity contribution in [1.82, 2.24) is 10.6 Å². The Kier molecular flexibility index (Phi) is 6.32. The van der Waals surface area contributed by atoms with E-state index in [1.165, 1.54) is 0 Å². The third-order valence-corrected chi connectivity index (χ3v) is 3.47. The Bertz CT molecular complexity index is 590. The summed E-state index contributed by atoms with van der Waals surface area (Å²) in [5.41, 5.74) is 2.25. The van der Waals surface area contributed by atoms with Gasteiger partial charge in [0.05, 0.1) is 13.1 Å². The molecule has 5 heteroatoms. The molecule has 0 saturated carbocycles. The third kappa shape index (κ3) is 5.56. The zero-order chi connectivity index (χ0) is 16.5. The Labute approximate surface area is 135 Å². The lowest BCUT2D eigenvalue weighted by Crippen LogP contribution is -2.38. The van der Waals surface area contributed by atoms with E-state index in [0.717, 1.165) is 11.1 Å². The summed E-state index contributed by atoms with van der Waals surface area (Å²) < 4.78 is 0. The van der Waals surface area contributed by atoms with Crippen LogP contribution in [0.5, 0.6) is 0 Å². The molecule has 0 spiro atoms. The van der Waals surface area contributed by atoms with Crippen LogP contribution in [0.15, 0.2) is 60.7 Å². The molecule has 23 heavy (non-hydrogen) atoms. The first-order valence-electron chi connectivity index (χ1n) is 7.46. The summed E-state index contributed by atoms with van der Waals surface area (Å²) in [6, 6.07) is 19.9. The van der Waals surface area contributed by atoms with Crippen molar-refractivity contribution in [2.75, 3.05) is 19.6 Å². The third-order valence-electron chi connectivity index (χ3n) is 3.47. The fraction of sp³-hybridized carbons (Fsp3) is 0.222. The van der Waals surface area contributed by atoms with Gasteiger partial charge in [-0.05, 0) is 11.1 Å². The van der Waals surface area contributed by atoms with Gasteiger partial charge in [-0.15, -0.1) is 0 Å². The number of carboxylic acid groups (broad SMARTS) is 1. The highest BCUT2D eigenvalue weighted by Gasteiger charge is 2.14. The predicted octanol–water partition coefficient (Wildman–Crippen LogP) is 1.61. The van der Waals surface area contributed by atoms with Gasteiger partial charge in [0, 0.05) is 12.5 Å². The number of amides is 1. The molecule has 0 bridgehead atoms. The zero-order valence-electron chi connectivity index (χ0n) is 12.7. The van der Waals surface area contributed by atoms with E-state index < -0.39 is 5.97 Å². The minimum absolute atomic E-state index is 0.0113. The molecule has 2 aromatic rings. The summed E-state index contributed by atoms with van der Waals surface area (Å²) in [5.74, 6) is -1.15. The van der Waals surface area contributed by atoms with Crippen LogP contribution in [0, 0.1) is 0 Å². The fourth-order valence-electron chi connectivity index (χ4n) is 2.36. The van der Waals surface area contributed by atoms with E-state index >= 15 is 0 Å². The van der Waals surface area contributed by atoms with Gasteiger partial charge in [0.1, 0.15) is 0 Å². The molecule has 5 nitrogen and oxygen atoms in total. The molecule has 0 radical (unpaired) electrons. The van der Waals surface area contributed by atoms with Crippen LogP contribution in [0.1, 0.15) is 17.0 Å². The number of carboxylic acids is 1. The van der Waals surface area contributed by atoms with Crippen molar-refractivity contribution in [3.8, 4) is 0 Å². The Balaban J connectivity index is 1.99. The molecule has 1 amide bonds.